The van der Waals surface area contributed by atoms with Crippen molar-refractivity contribution in [3.8, 4) is 5.75 Å². The van der Waals surface area contributed by atoms with Crippen LogP contribution in [0, 0.1) is 12.8 Å². The molecule has 1 amide bonds. The molecule has 4 heteroatoms. The molecule has 1 aliphatic heterocycles. The maximum Gasteiger partial charge on any atom is 0.255 e. The lowest BCUT2D eigenvalue weighted by atomic mass is 10.1. The predicted molar refractivity (Wildman–Crippen MR) is 66.1 cm³/mol. The summed E-state index contributed by atoms with van der Waals surface area (Å²) in [4.78, 5) is 12.0. The Bertz CT molecular complexity index is 431. The molecule has 2 atom stereocenters. The highest BCUT2D eigenvalue weighted by Gasteiger charge is 2.25. The third kappa shape index (κ3) is 2.58. The van der Waals surface area contributed by atoms with E-state index in [2.05, 4.69) is 17.6 Å². The van der Waals surface area contributed by atoms with E-state index in [4.69, 9.17) is 0 Å². The molecule has 1 aromatic rings. The highest BCUT2D eigenvalue weighted by molar-refractivity contribution is 5.97. The molecular weight excluding hydrogens is 216 g/mol. The first kappa shape index (κ1) is 11.9. The molecule has 0 spiro atoms. The maximum absolute atomic E-state index is 12.0. The van der Waals surface area contributed by atoms with E-state index in [1.807, 2.05) is 13.0 Å². The van der Waals surface area contributed by atoms with Gasteiger partial charge in [0.2, 0.25) is 0 Å². The number of carbonyl (C=O) groups excluding carboxylic acids is 1. The molecule has 3 N–H and O–H groups in total. The van der Waals surface area contributed by atoms with Crippen molar-refractivity contribution in [1.82, 2.24) is 10.6 Å². The number of phenols is 1. The van der Waals surface area contributed by atoms with Gasteiger partial charge < -0.3 is 15.7 Å². The second-order valence-corrected chi connectivity index (χ2v) is 4.74. The molecular formula is C13H18N2O2. The highest BCUT2D eigenvalue weighted by atomic mass is 16.3. The largest absolute Gasteiger partial charge is 0.507 e. The van der Waals surface area contributed by atoms with Crippen LogP contribution in [-0.2, 0) is 0 Å². The van der Waals surface area contributed by atoms with Crippen LogP contribution < -0.4 is 10.6 Å². The number of aryl methyl sites for hydroxylation is 1. The Kier molecular flexibility index (Phi) is 3.33. The summed E-state index contributed by atoms with van der Waals surface area (Å²) in [5, 5.41) is 15.9. The lowest BCUT2D eigenvalue weighted by molar-refractivity contribution is 0.0930. The first-order valence-corrected chi connectivity index (χ1v) is 5.89. The number of hydrogen-bond donors (Lipinski definition) is 3. The normalized spacial score (nSPS) is 23.6. The van der Waals surface area contributed by atoms with Crippen LogP contribution in [0.4, 0.5) is 0 Å². The van der Waals surface area contributed by atoms with Gasteiger partial charge in [0.1, 0.15) is 5.75 Å². The van der Waals surface area contributed by atoms with Gasteiger partial charge in [-0.3, -0.25) is 4.79 Å². The highest BCUT2D eigenvalue weighted by Crippen LogP contribution is 2.19. The topological polar surface area (TPSA) is 61.4 Å². The summed E-state index contributed by atoms with van der Waals surface area (Å²) in [6.07, 6.45) is 0. The molecule has 0 radical (unpaired) electrons. The number of carbonyl (C=O) groups is 1. The lowest BCUT2D eigenvalue weighted by Gasteiger charge is -2.16. The minimum absolute atomic E-state index is 0.0427. The van der Waals surface area contributed by atoms with Gasteiger partial charge in [-0.1, -0.05) is 13.0 Å². The zero-order valence-electron chi connectivity index (χ0n) is 10.2. The molecule has 4 nitrogen and oxygen atoms in total. The van der Waals surface area contributed by atoms with Gasteiger partial charge in [-0.25, -0.2) is 0 Å². The summed E-state index contributed by atoms with van der Waals surface area (Å²) in [5.74, 6) is 0.260. The fraction of sp³-hybridized carbons (Fsp3) is 0.462. The molecule has 0 saturated carbocycles. The number of phenolic OH excluding ortho intramolecular Hbond substituents is 1. The van der Waals surface area contributed by atoms with Crippen LogP contribution in [0.15, 0.2) is 18.2 Å². The van der Waals surface area contributed by atoms with Gasteiger partial charge in [0.05, 0.1) is 5.56 Å². The molecule has 0 aliphatic carbocycles. The Balaban J connectivity index is 2.09. The van der Waals surface area contributed by atoms with Gasteiger partial charge in [0, 0.05) is 12.6 Å². The van der Waals surface area contributed by atoms with Gasteiger partial charge in [-0.2, -0.15) is 0 Å². The Morgan fingerprint density at radius 2 is 2.24 bits per heavy atom. The van der Waals surface area contributed by atoms with Gasteiger partial charge >= 0.3 is 0 Å². The van der Waals surface area contributed by atoms with Gasteiger partial charge in [0.15, 0.2) is 0 Å². The van der Waals surface area contributed by atoms with E-state index in [1.165, 1.54) is 0 Å². The summed E-state index contributed by atoms with van der Waals surface area (Å²) < 4.78 is 0. The fourth-order valence-corrected chi connectivity index (χ4v) is 2.08. The van der Waals surface area contributed by atoms with Crippen molar-refractivity contribution in [3.05, 3.63) is 29.3 Å². The number of aromatic hydroxyl groups is 1. The first-order valence-electron chi connectivity index (χ1n) is 5.89. The lowest BCUT2D eigenvalue weighted by Crippen LogP contribution is -2.39. The van der Waals surface area contributed by atoms with E-state index in [-0.39, 0.29) is 17.7 Å². The second kappa shape index (κ2) is 4.75. The third-order valence-electron chi connectivity index (χ3n) is 3.23. The number of nitrogens with one attached hydrogen (secondary N) is 2. The number of benzene rings is 1. The first-order chi connectivity index (χ1) is 8.08. The van der Waals surface area contributed by atoms with Crippen molar-refractivity contribution in [1.29, 1.82) is 0 Å². The van der Waals surface area contributed by atoms with Crippen LogP contribution in [0.5, 0.6) is 5.75 Å². The third-order valence-corrected chi connectivity index (χ3v) is 3.23. The van der Waals surface area contributed by atoms with Gasteiger partial charge in [-0.05, 0) is 37.1 Å². The van der Waals surface area contributed by atoms with Crippen molar-refractivity contribution >= 4 is 5.91 Å². The smallest absolute Gasteiger partial charge is 0.255 e. The van der Waals surface area contributed by atoms with Gasteiger partial charge in [-0.15, -0.1) is 0 Å². The number of rotatable bonds is 2. The average Bonchev–Trinajstić information content (AvgIpc) is 2.64. The van der Waals surface area contributed by atoms with Crippen molar-refractivity contribution in [2.45, 2.75) is 19.9 Å². The zero-order valence-corrected chi connectivity index (χ0v) is 10.2. The molecule has 2 unspecified atom stereocenters. The van der Waals surface area contributed by atoms with E-state index in [0.29, 0.717) is 11.5 Å². The molecule has 2 rings (SSSR count). The standard InChI is InChI=1S/C13H18N2O2/c1-8-3-4-10(12(16)5-8)13(17)15-11-7-14-6-9(11)2/h3-5,9,11,14,16H,6-7H2,1-2H3,(H,15,17). The maximum atomic E-state index is 12.0. The van der Waals surface area contributed by atoms with Crippen LogP contribution in [-0.4, -0.2) is 30.1 Å². The van der Waals surface area contributed by atoms with Crippen molar-refractivity contribution < 1.29 is 9.90 Å². The van der Waals surface area contributed by atoms with E-state index in [0.717, 1.165) is 18.7 Å². The summed E-state index contributed by atoms with van der Waals surface area (Å²) in [7, 11) is 0. The predicted octanol–water partition coefficient (Wildman–Crippen LogP) is 1.04. The van der Waals surface area contributed by atoms with E-state index in [1.54, 1.807) is 12.1 Å². The molecule has 1 aromatic carbocycles. The number of amides is 1. The van der Waals surface area contributed by atoms with Crippen LogP contribution in [0.3, 0.4) is 0 Å². The molecule has 1 fully saturated rings. The summed E-state index contributed by atoms with van der Waals surface area (Å²) in [5.41, 5.74) is 1.28. The molecule has 1 saturated heterocycles. The number of hydrogen-bond acceptors (Lipinski definition) is 3. The Morgan fingerprint density at radius 3 is 2.82 bits per heavy atom. The SMILES string of the molecule is Cc1ccc(C(=O)NC2CNCC2C)c(O)c1. The van der Waals surface area contributed by atoms with Crippen LogP contribution in [0.1, 0.15) is 22.8 Å². The quantitative estimate of drug-likeness (QED) is 0.716. The second-order valence-electron chi connectivity index (χ2n) is 4.74. The Morgan fingerprint density at radius 1 is 1.47 bits per heavy atom. The monoisotopic (exact) mass is 234 g/mol. The van der Waals surface area contributed by atoms with Crippen molar-refractivity contribution in [3.63, 3.8) is 0 Å². The van der Waals surface area contributed by atoms with Crippen LogP contribution in [0.25, 0.3) is 0 Å². The summed E-state index contributed by atoms with van der Waals surface area (Å²) in [6, 6.07) is 5.23. The molecule has 1 heterocycles. The minimum Gasteiger partial charge on any atom is -0.507 e. The molecule has 1 aliphatic rings. The Labute approximate surface area is 101 Å². The fourth-order valence-electron chi connectivity index (χ4n) is 2.08. The molecule has 0 bridgehead atoms. The van der Waals surface area contributed by atoms with Crippen LogP contribution >= 0.6 is 0 Å². The van der Waals surface area contributed by atoms with E-state index in [9.17, 15) is 9.90 Å². The average molecular weight is 234 g/mol. The molecule has 0 aromatic heterocycles. The zero-order chi connectivity index (χ0) is 12.4. The molecule has 17 heavy (non-hydrogen) atoms. The van der Waals surface area contributed by atoms with E-state index < -0.39 is 0 Å². The van der Waals surface area contributed by atoms with E-state index >= 15 is 0 Å². The van der Waals surface area contributed by atoms with Crippen molar-refractivity contribution in [2.75, 3.05) is 13.1 Å². The minimum atomic E-state index is -0.206. The summed E-state index contributed by atoms with van der Waals surface area (Å²) in [6.45, 7) is 5.69. The van der Waals surface area contributed by atoms with Crippen molar-refractivity contribution in [2.24, 2.45) is 5.92 Å². The summed E-state index contributed by atoms with van der Waals surface area (Å²) >= 11 is 0. The van der Waals surface area contributed by atoms with Crippen LogP contribution in [0.2, 0.25) is 0 Å². The Hall–Kier alpha value is -1.55. The molecule has 92 valence electrons. The van der Waals surface area contributed by atoms with Gasteiger partial charge in [0.25, 0.3) is 5.91 Å².